The Morgan fingerprint density at radius 2 is 1.82 bits per heavy atom. The zero-order chi connectivity index (χ0) is 18.7. The van der Waals surface area contributed by atoms with Crippen LogP contribution in [-0.2, 0) is 11.3 Å². The molecule has 2 aromatic rings. The Balaban J connectivity index is -0.00000150. The molecule has 0 radical (unpaired) electrons. The van der Waals surface area contributed by atoms with Gasteiger partial charge in [-0.25, -0.2) is 4.98 Å². The van der Waals surface area contributed by atoms with Gasteiger partial charge in [-0.2, -0.15) is 0 Å². The normalized spacial score (nSPS) is 19.2. The average molecular weight is 554 g/mol. The summed E-state index contributed by atoms with van der Waals surface area (Å²) in [5, 5.41) is 16.6. The lowest BCUT2D eigenvalue weighted by Gasteiger charge is -2.33. The highest BCUT2D eigenvalue weighted by atomic mass is 35.5. The van der Waals surface area contributed by atoms with Crippen LogP contribution in [0, 0.1) is 0 Å². The highest BCUT2D eigenvalue weighted by Gasteiger charge is 2.34. The lowest BCUT2D eigenvalue weighted by atomic mass is 10.1. The quantitative estimate of drug-likeness (QED) is 0.391. The summed E-state index contributed by atoms with van der Waals surface area (Å²) in [5.41, 5.74) is 6.76. The van der Waals surface area contributed by atoms with Gasteiger partial charge in [0.15, 0.2) is 0 Å². The van der Waals surface area contributed by atoms with E-state index < -0.39 is 5.72 Å². The number of aliphatic hydroxyl groups excluding tert-OH is 1. The third kappa shape index (κ3) is 8.20. The second-order valence-corrected chi connectivity index (χ2v) is 7.28. The number of aliphatic hydroxyl groups is 1. The number of nitrogens with two attached hydrogens (primary N) is 1. The zero-order valence-corrected chi connectivity index (χ0v) is 21.4. The van der Waals surface area contributed by atoms with Crippen molar-refractivity contribution in [3.63, 3.8) is 0 Å². The summed E-state index contributed by atoms with van der Waals surface area (Å²) in [6, 6.07) is 8.42. The molecule has 0 aliphatic carbocycles. The molecule has 1 atom stereocenters. The van der Waals surface area contributed by atoms with Gasteiger partial charge in [-0.1, -0.05) is 12.1 Å². The topological polar surface area (TPSA) is 164 Å². The highest BCUT2D eigenvalue weighted by molar-refractivity contribution is 5.86. The number of anilines is 1. The van der Waals surface area contributed by atoms with Crippen LogP contribution in [0.4, 0.5) is 5.95 Å². The van der Waals surface area contributed by atoms with Gasteiger partial charge in [-0.3, -0.25) is 0 Å². The molecule has 3 heterocycles. The molecule has 1 saturated heterocycles. The van der Waals surface area contributed by atoms with Crippen molar-refractivity contribution in [3.05, 3.63) is 36.7 Å². The Labute approximate surface area is 218 Å². The van der Waals surface area contributed by atoms with E-state index in [0.29, 0.717) is 19.1 Å². The molecule has 0 bridgehead atoms. The maximum atomic E-state index is 9.88. The van der Waals surface area contributed by atoms with Crippen molar-refractivity contribution >= 4 is 66.6 Å². The third-order valence-corrected chi connectivity index (χ3v) is 5.40. The smallest absolute Gasteiger partial charge is 0.220 e. The maximum Gasteiger partial charge on any atom is 0.220 e. The standard InChI is InChI=1S/C19H28N6O2.4ClH.2H2O/c20-7-11-24-9-5-15(6-10-24)22-18-23-16-3-1-2-4-17(16)25(18)13-19(14-26)21-8-12-27-19;;;;;;/h1-4,8,12,15,21,26H,5-7,9-11,13-14,20H2,(H,22,23);4*1H;2*1H2. The third-order valence-electron chi connectivity index (χ3n) is 5.40. The summed E-state index contributed by atoms with van der Waals surface area (Å²) in [6.07, 6.45) is 5.42. The number of piperidine rings is 1. The van der Waals surface area contributed by atoms with Crippen molar-refractivity contribution in [3.8, 4) is 0 Å². The van der Waals surface area contributed by atoms with Crippen LogP contribution in [0.15, 0.2) is 36.7 Å². The van der Waals surface area contributed by atoms with Crippen LogP contribution in [0.3, 0.4) is 0 Å². The number of imidazole rings is 1. The van der Waals surface area contributed by atoms with E-state index >= 15 is 0 Å². The minimum Gasteiger partial charge on any atom is -0.470 e. The number of hydrogen-bond acceptors (Lipinski definition) is 7. The first-order chi connectivity index (χ1) is 13.2. The summed E-state index contributed by atoms with van der Waals surface area (Å²) >= 11 is 0. The number of para-hydroxylation sites is 2. The molecule has 1 unspecified atom stereocenters. The maximum absolute atomic E-state index is 9.88. The monoisotopic (exact) mass is 552 g/mol. The number of rotatable bonds is 7. The molecule has 0 amide bonds. The number of benzene rings is 1. The molecule has 1 aromatic heterocycles. The van der Waals surface area contributed by atoms with Crippen molar-refractivity contribution in [2.45, 2.75) is 31.2 Å². The summed E-state index contributed by atoms with van der Waals surface area (Å²) in [5.74, 6) is 0.818. The van der Waals surface area contributed by atoms with Crippen molar-refractivity contribution in [2.24, 2.45) is 5.73 Å². The molecule has 2 aliphatic rings. The highest BCUT2D eigenvalue weighted by Crippen LogP contribution is 2.26. The van der Waals surface area contributed by atoms with Gasteiger partial charge in [0.05, 0.1) is 17.6 Å². The minimum atomic E-state index is -0.857. The molecule has 4 rings (SSSR count). The largest absolute Gasteiger partial charge is 0.470 e. The van der Waals surface area contributed by atoms with Crippen LogP contribution in [0.5, 0.6) is 0 Å². The number of likely N-dealkylation sites (tertiary alicyclic amines) is 1. The lowest BCUT2D eigenvalue weighted by molar-refractivity contribution is -0.0376. The number of nitrogens with zero attached hydrogens (tertiary/aromatic N) is 3. The first kappa shape index (κ1) is 36.4. The Kier molecular flexibility index (Phi) is 18.1. The Morgan fingerprint density at radius 3 is 2.39 bits per heavy atom. The van der Waals surface area contributed by atoms with Crippen LogP contribution >= 0.6 is 49.6 Å². The molecule has 0 spiro atoms. The second-order valence-electron chi connectivity index (χ2n) is 7.28. The van der Waals surface area contributed by atoms with E-state index in [1.165, 1.54) is 0 Å². The van der Waals surface area contributed by atoms with Gasteiger partial charge in [-0.05, 0) is 25.0 Å². The first-order valence-electron chi connectivity index (χ1n) is 9.59. The van der Waals surface area contributed by atoms with Gasteiger partial charge >= 0.3 is 0 Å². The van der Waals surface area contributed by atoms with E-state index in [1.807, 2.05) is 24.3 Å². The molecule has 1 fully saturated rings. The molecule has 10 nitrogen and oxygen atoms in total. The fraction of sp³-hybridized carbons (Fsp3) is 0.526. The SMILES string of the molecule is Cl.Cl.Cl.Cl.NCCN1CCC(Nc2nc3ccccc3n2CC2(CO)NC=CO2)CC1.O.O. The van der Waals surface area contributed by atoms with Gasteiger partial charge in [0.25, 0.3) is 0 Å². The molecular formula is C19H36Cl4N6O4. The molecular weight excluding hydrogens is 518 g/mol. The Hall–Kier alpha value is -1.21. The predicted octanol–water partition coefficient (Wildman–Crippen LogP) is 0.689. The molecule has 1 aromatic carbocycles. The van der Waals surface area contributed by atoms with E-state index in [9.17, 15) is 5.11 Å². The Bertz CT molecular complexity index is 813. The lowest BCUT2D eigenvalue weighted by Crippen LogP contribution is -2.48. The van der Waals surface area contributed by atoms with Gasteiger partial charge in [0.1, 0.15) is 12.9 Å². The molecule has 0 saturated carbocycles. The average Bonchev–Trinajstić information content (AvgIpc) is 3.30. The number of halogens is 4. The van der Waals surface area contributed by atoms with Gasteiger partial charge < -0.3 is 46.6 Å². The number of ether oxygens (including phenoxy) is 1. The van der Waals surface area contributed by atoms with Crippen LogP contribution in [-0.4, -0.2) is 75.1 Å². The van der Waals surface area contributed by atoms with Crippen LogP contribution in [0.2, 0.25) is 0 Å². The molecule has 194 valence electrons. The Morgan fingerprint density at radius 1 is 1.15 bits per heavy atom. The number of aromatic nitrogens is 2. The predicted molar refractivity (Wildman–Crippen MR) is 141 cm³/mol. The molecule has 33 heavy (non-hydrogen) atoms. The van der Waals surface area contributed by atoms with Gasteiger partial charge in [0.2, 0.25) is 11.7 Å². The van der Waals surface area contributed by atoms with E-state index in [-0.39, 0.29) is 67.2 Å². The summed E-state index contributed by atoms with van der Waals surface area (Å²) in [6.45, 7) is 4.07. The van der Waals surface area contributed by atoms with E-state index in [4.69, 9.17) is 15.5 Å². The number of nitrogens with one attached hydrogen (secondary N) is 2. The number of hydrogen-bond donors (Lipinski definition) is 4. The van der Waals surface area contributed by atoms with E-state index in [0.717, 1.165) is 49.5 Å². The minimum absolute atomic E-state index is 0. The summed E-state index contributed by atoms with van der Waals surface area (Å²) < 4.78 is 7.76. The fourth-order valence-electron chi connectivity index (χ4n) is 3.87. The van der Waals surface area contributed by atoms with Crippen LogP contribution < -0.4 is 16.4 Å². The van der Waals surface area contributed by atoms with Crippen molar-refractivity contribution < 1.29 is 20.8 Å². The number of fused-ring (bicyclic) bond motifs is 1. The van der Waals surface area contributed by atoms with Crippen molar-refractivity contribution in [2.75, 3.05) is 38.1 Å². The molecule has 14 heteroatoms. The fourth-order valence-corrected chi connectivity index (χ4v) is 3.87. The molecule has 2 aliphatic heterocycles. The zero-order valence-electron chi connectivity index (χ0n) is 18.1. The van der Waals surface area contributed by atoms with E-state index in [2.05, 4.69) is 20.1 Å². The summed E-state index contributed by atoms with van der Waals surface area (Å²) in [7, 11) is 0. The van der Waals surface area contributed by atoms with Gasteiger partial charge in [-0.15, -0.1) is 49.6 Å². The second kappa shape index (κ2) is 16.4. The molecule has 9 N–H and O–H groups in total. The van der Waals surface area contributed by atoms with Crippen molar-refractivity contribution in [1.82, 2.24) is 19.8 Å². The summed E-state index contributed by atoms with van der Waals surface area (Å²) in [4.78, 5) is 7.21. The van der Waals surface area contributed by atoms with Crippen molar-refractivity contribution in [1.29, 1.82) is 0 Å². The van der Waals surface area contributed by atoms with E-state index in [1.54, 1.807) is 12.5 Å². The van der Waals surface area contributed by atoms with Crippen LogP contribution in [0.1, 0.15) is 12.8 Å². The van der Waals surface area contributed by atoms with Gasteiger partial charge in [0, 0.05) is 38.4 Å². The first-order valence-corrected chi connectivity index (χ1v) is 9.59. The van der Waals surface area contributed by atoms with Crippen LogP contribution in [0.25, 0.3) is 11.0 Å².